The van der Waals surface area contributed by atoms with Crippen molar-refractivity contribution in [2.75, 3.05) is 13.1 Å². The van der Waals surface area contributed by atoms with Crippen LogP contribution in [-0.4, -0.2) is 25.8 Å². The molecule has 6 heteroatoms. The van der Waals surface area contributed by atoms with E-state index in [1.54, 1.807) is 22.5 Å². The Morgan fingerprint density at radius 2 is 1.79 bits per heavy atom. The lowest BCUT2D eigenvalue weighted by Gasteiger charge is -2.20. The molecule has 2 N–H and O–H groups in total. The van der Waals surface area contributed by atoms with Gasteiger partial charge in [0, 0.05) is 24.1 Å². The van der Waals surface area contributed by atoms with E-state index in [9.17, 15) is 8.42 Å². The number of nitrogens with two attached hydrogens (primary N) is 1. The molecule has 1 aromatic carbocycles. The molecule has 1 saturated heterocycles. The minimum Gasteiger partial charge on any atom is -0.326 e. The molecule has 0 aromatic heterocycles. The topological polar surface area (TPSA) is 63.4 Å². The molecule has 0 atom stereocenters. The van der Waals surface area contributed by atoms with Crippen LogP contribution in [0.5, 0.6) is 0 Å². The number of hydrogen-bond acceptors (Lipinski definition) is 3. The highest BCUT2D eigenvalue weighted by molar-refractivity contribution is 9.10. The third kappa shape index (κ3) is 3.37. The van der Waals surface area contributed by atoms with Crippen molar-refractivity contribution >= 4 is 26.0 Å². The van der Waals surface area contributed by atoms with Crippen molar-refractivity contribution in [2.24, 2.45) is 5.73 Å². The largest absolute Gasteiger partial charge is 0.326 e. The van der Waals surface area contributed by atoms with Gasteiger partial charge in [0.15, 0.2) is 0 Å². The van der Waals surface area contributed by atoms with Gasteiger partial charge in [0.25, 0.3) is 0 Å². The van der Waals surface area contributed by atoms with Gasteiger partial charge in [-0.2, -0.15) is 4.31 Å². The zero-order valence-corrected chi connectivity index (χ0v) is 13.2. The molecule has 0 radical (unpaired) electrons. The highest BCUT2D eigenvalue weighted by Crippen LogP contribution is 2.27. The van der Waals surface area contributed by atoms with Crippen LogP contribution in [0.2, 0.25) is 0 Å². The van der Waals surface area contributed by atoms with E-state index >= 15 is 0 Å². The van der Waals surface area contributed by atoms with E-state index in [2.05, 4.69) is 15.9 Å². The first-order valence-electron chi connectivity index (χ1n) is 6.54. The molecule has 4 nitrogen and oxygen atoms in total. The summed E-state index contributed by atoms with van der Waals surface area (Å²) in [5.74, 6) is 0. The Morgan fingerprint density at radius 3 is 2.32 bits per heavy atom. The fraction of sp³-hybridized carbons (Fsp3) is 0.538. The van der Waals surface area contributed by atoms with Crippen molar-refractivity contribution in [3.05, 3.63) is 28.2 Å². The maximum Gasteiger partial charge on any atom is 0.244 e. The smallest absolute Gasteiger partial charge is 0.244 e. The predicted molar refractivity (Wildman–Crippen MR) is 79.3 cm³/mol. The summed E-state index contributed by atoms with van der Waals surface area (Å²) in [4.78, 5) is 0.339. The highest BCUT2D eigenvalue weighted by Gasteiger charge is 2.26. The van der Waals surface area contributed by atoms with E-state index < -0.39 is 10.0 Å². The fourth-order valence-corrected chi connectivity index (χ4v) is 4.90. The molecule has 0 bridgehead atoms. The Labute approximate surface area is 123 Å². The summed E-state index contributed by atoms with van der Waals surface area (Å²) in [7, 11) is -3.40. The van der Waals surface area contributed by atoms with Gasteiger partial charge in [-0.05, 0) is 46.5 Å². The lowest BCUT2D eigenvalue weighted by atomic mass is 10.2. The number of benzene rings is 1. The molecule has 0 saturated carbocycles. The number of halogens is 1. The molecular formula is C13H19BrN2O2S. The Kier molecular flexibility index (Phi) is 5.00. The summed E-state index contributed by atoms with van der Waals surface area (Å²) in [5, 5.41) is 0. The van der Waals surface area contributed by atoms with Crippen LogP contribution in [0.1, 0.15) is 31.2 Å². The maximum atomic E-state index is 12.6. The third-order valence-corrected chi connectivity index (χ3v) is 6.29. The Balaban J connectivity index is 2.32. The van der Waals surface area contributed by atoms with Gasteiger partial charge >= 0.3 is 0 Å². The molecule has 0 unspecified atom stereocenters. The SMILES string of the molecule is NCc1ccc(S(=O)(=O)N2CCCCCC2)c(Br)c1. The van der Waals surface area contributed by atoms with E-state index in [1.807, 2.05) is 0 Å². The van der Waals surface area contributed by atoms with Crippen LogP contribution in [0, 0.1) is 0 Å². The first-order chi connectivity index (χ1) is 9.05. The number of sulfonamides is 1. The predicted octanol–water partition coefficient (Wildman–Crippen LogP) is 2.47. The molecule has 1 fully saturated rings. The van der Waals surface area contributed by atoms with Crippen LogP contribution < -0.4 is 5.73 Å². The molecule has 0 aliphatic carbocycles. The summed E-state index contributed by atoms with van der Waals surface area (Å²) < 4.78 is 27.4. The van der Waals surface area contributed by atoms with Gasteiger partial charge in [0.05, 0.1) is 4.90 Å². The zero-order valence-electron chi connectivity index (χ0n) is 10.8. The van der Waals surface area contributed by atoms with Gasteiger partial charge < -0.3 is 5.73 Å². The standard InChI is InChI=1S/C13H19BrN2O2S/c14-12-9-11(10-15)5-6-13(12)19(17,18)16-7-3-1-2-4-8-16/h5-6,9H,1-4,7-8,10,15H2. The zero-order chi connectivity index (χ0) is 13.9. The Morgan fingerprint density at radius 1 is 1.16 bits per heavy atom. The van der Waals surface area contributed by atoms with Crippen molar-refractivity contribution in [2.45, 2.75) is 37.1 Å². The quantitative estimate of drug-likeness (QED) is 0.914. The van der Waals surface area contributed by atoms with Crippen LogP contribution in [0.4, 0.5) is 0 Å². The second-order valence-electron chi connectivity index (χ2n) is 4.79. The van der Waals surface area contributed by atoms with Gasteiger partial charge in [-0.3, -0.25) is 0 Å². The molecule has 2 rings (SSSR count). The van der Waals surface area contributed by atoms with Crippen molar-refractivity contribution < 1.29 is 8.42 Å². The van der Waals surface area contributed by atoms with Crippen LogP contribution >= 0.6 is 15.9 Å². The number of nitrogens with zero attached hydrogens (tertiary/aromatic N) is 1. The fourth-order valence-electron chi connectivity index (χ4n) is 2.30. The number of hydrogen-bond donors (Lipinski definition) is 1. The van der Waals surface area contributed by atoms with Crippen molar-refractivity contribution in [3.63, 3.8) is 0 Å². The second kappa shape index (κ2) is 6.35. The number of rotatable bonds is 3. The molecule has 0 amide bonds. The van der Waals surface area contributed by atoms with E-state index in [4.69, 9.17) is 5.73 Å². The van der Waals surface area contributed by atoms with Gasteiger partial charge in [-0.1, -0.05) is 18.9 Å². The van der Waals surface area contributed by atoms with E-state index in [-0.39, 0.29) is 0 Å². The van der Waals surface area contributed by atoms with Crippen molar-refractivity contribution in [1.29, 1.82) is 0 Å². The van der Waals surface area contributed by atoms with E-state index in [0.717, 1.165) is 31.2 Å². The highest BCUT2D eigenvalue weighted by atomic mass is 79.9. The summed E-state index contributed by atoms with van der Waals surface area (Å²) in [6.07, 6.45) is 4.11. The van der Waals surface area contributed by atoms with Crippen LogP contribution in [-0.2, 0) is 16.6 Å². The van der Waals surface area contributed by atoms with Gasteiger partial charge in [-0.15, -0.1) is 0 Å². The first kappa shape index (κ1) is 15.0. The maximum absolute atomic E-state index is 12.6. The average molecular weight is 347 g/mol. The second-order valence-corrected chi connectivity index (χ2v) is 7.55. The summed E-state index contributed by atoms with van der Waals surface area (Å²) >= 11 is 3.35. The first-order valence-corrected chi connectivity index (χ1v) is 8.77. The molecule has 1 aliphatic heterocycles. The Hall–Kier alpha value is -0.430. The average Bonchev–Trinajstić information content (AvgIpc) is 2.67. The van der Waals surface area contributed by atoms with Crippen molar-refractivity contribution in [3.8, 4) is 0 Å². The van der Waals surface area contributed by atoms with Crippen LogP contribution in [0.3, 0.4) is 0 Å². The molecule has 1 aromatic rings. The van der Waals surface area contributed by atoms with Crippen molar-refractivity contribution in [1.82, 2.24) is 4.31 Å². The third-order valence-electron chi connectivity index (χ3n) is 3.41. The van der Waals surface area contributed by atoms with Crippen LogP contribution in [0.15, 0.2) is 27.6 Å². The minimum atomic E-state index is -3.40. The van der Waals surface area contributed by atoms with E-state index in [1.165, 1.54) is 0 Å². The molecule has 0 spiro atoms. The Bertz CT molecular complexity index is 538. The molecule has 1 heterocycles. The van der Waals surface area contributed by atoms with E-state index in [0.29, 0.717) is 29.0 Å². The van der Waals surface area contributed by atoms with Crippen LogP contribution in [0.25, 0.3) is 0 Å². The monoisotopic (exact) mass is 346 g/mol. The normalized spacial score (nSPS) is 18.2. The lowest BCUT2D eigenvalue weighted by Crippen LogP contribution is -2.32. The van der Waals surface area contributed by atoms with Gasteiger partial charge in [-0.25, -0.2) is 8.42 Å². The molecular weight excluding hydrogens is 328 g/mol. The molecule has 19 heavy (non-hydrogen) atoms. The summed E-state index contributed by atoms with van der Waals surface area (Å²) in [6.45, 7) is 1.64. The summed E-state index contributed by atoms with van der Waals surface area (Å²) in [5.41, 5.74) is 6.48. The van der Waals surface area contributed by atoms with Gasteiger partial charge in [0.2, 0.25) is 10.0 Å². The lowest BCUT2D eigenvalue weighted by molar-refractivity contribution is 0.423. The molecule has 106 valence electrons. The molecule has 1 aliphatic rings. The summed E-state index contributed by atoms with van der Waals surface area (Å²) in [6, 6.07) is 5.20. The van der Waals surface area contributed by atoms with Gasteiger partial charge in [0.1, 0.15) is 0 Å². The minimum absolute atomic E-state index is 0.339.